The van der Waals surface area contributed by atoms with Gasteiger partial charge in [0, 0.05) is 37.2 Å². The maximum absolute atomic E-state index is 12.1. The van der Waals surface area contributed by atoms with E-state index in [-0.39, 0.29) is 17.5 Å². The van der Waals surface area contributed by atoms with Crippen molar-refractivity contribution in [3.05, 3.63) is 59.7 Å². The molecule has 0 fully saturated rings. The monoisotopic (exact) mass is 298 g/mol. The predicted molar refractivity (Wildman–Crippen MR) is 82.3 cm³/mol. The van der Waals surface area contributed by atoms with Crippen LogP contribution in [0.3, 0.4) is 0 Å². The Hall–Kier alpha value is -2.76. The molecule has 0 aromatic carbocycles. The molecule has 6 nitrogen and oxygen atoms in total. The fraction of sp³-hybridized carbons (Fsp3) is 0.250. The molecule has 2 rings (SSSR count). The normalized spacial score (nSPS) is 10.0. The van der Waals surface area contributed by atoms with Gasteiger partial charge in [0.25, 0.3) is 11.8 Å². The van der Waals surface area contributed by atoms with Gasteiger partial charge in [-0.3, -0.25) is 19.6 Å². The van der Waals surface area contributed by atoms with Gasteiger partial charge in [0.1, 0.15) is 5.69 Å². The molecule has 2 aromatic rings. The third kappa shape index (κ3) is 4.37. The molecular weight excluding hydrogens is 280 g/mol. The molecule has 0 saturated heterocycles. The van der Waals surface area contributed by atoms with Crippen molar-refractivity contribution in [1.82, 2.24) is 20.6 Å². The van der Waals surface area contributed by atoms with Crippen molar-refractivity contribution in [2.45, 2.75) is 19.9 Å². The molecule has 0 aliphatic rings. The number of nitrogens with zero attached hydrogens (tertiary/aromatic N) is 2. The highest BCUT2D eigenvalue weighted by Crippen LogP contribution is 2.03. The van der Waals surface area contributed by atoms with Crippen LogP contribution in [0.5, 0.6) is 0 Å². The van der Waals surface area contributed by atoms with E-state index in [1.54, 1.807) is 18.5 Å². The second kappa shape index (κ2) is 7.87. The van der Waals surface area contributed by atoms with Crippen LogP contribution in [0.15, 0.2) is 42.9 Å². The number of pyridine rings is 2. The number of carbonyl (C=O) groups excluding carboxylic acids is 2. The van der Waals surface area contributed by atoms with Crippen LogP contribution < -0.4 is 10.6 Å². The van der Waals surface area contributed by atoms with Crippen molar-refractivity contribution in [2.75, 3.05) is 6.54 Å². The first-order valence-electron chi connectivity index (χ1n) is 7.12. The Labute approximate surface area is 129 Å². The summed E-state index contributed by atoms with van der Waals surface area (Å²) in [6.07, 6.45) is 5.67. The lowest BCUT2D eigenvalue weighted by molar-refractivity contribution is 0.0948. The van der Waals surface area contributed by atoms with Gasteiger partial charge in [-0.25, -0.2) is 0 Å². The average Bonchev–Trinajstić information content (AvgIpc) is 2.58. The van der Waals surface area contributed by atoms with E-state index >= 15 is 0 Å². The molecule has 0 bridgehead atoms. The molecule has 2 heterocycles. The average molecular weight is 298 g/mol. The van der Waals surface area contributed by atoms with E-state index in [0.717, 1.165) is 12.0 Å². The van der Waals surface area contributed by atoms with Gasteiger partial charge in [-0.05, 0) is 30.2 Å². The third-order valence-corrected chi connectivity index (χ3v) is 2.97. The van der Waals surface area contributed by atoms with Crippen LogP contribution in [0.25, 0.3) is 0 Å². The van der Waals surface area contributed by atoms with Crippen molar-refractivity contribution < 1.29 is 9.59 Å². The van der Waals surface area contributed by atoms with Crippen molar-refractivity contribution in [2.24, 2.45) is 0 Å². The van der Waals surface area contributed by atoms with Crippen molar-refractivity contribution in [3.63, 3.8) is 0 Å². The van der Waals surface area contributed by atoms with E-state index in [2.05, 4.69) is 20.6 Å². The van der Waals surface area contributed by atoms with Crippen molar-refractivity contribution in [1.29, 1.82) is 0 Å². The molecule has 6 heteroatoms. The van der Waals surface area contributed by atoms with E-state index in [4.69, 9.17) is 0 Å². The lowest BCUT2D eigenvalue weighted by Crippen LogP contribution is -2.26. The van der Waals surface area contributed by atoms with Gasteiger partial charge < -0.3 is 10.6 Å². The van der Waals surface area contributed by atoms with Crippen LogP contribution >= 0.6 is 0 Å². The Morgan fingerprint density at radius 2 is 2.00 bits per heavy atom. The highest BCUT2D eigenvalue weighted by Gasteiger charge is 2.11. The number of aromatic nitrogens is 2. The van der Waals surface area contributed by atoms with E-state index < -0.39 is 0 Å². The summed E-state index contributed by atoms with van der Waals surface area (Å²) in [5.41, 5.74) is 1.55. The van der Waals surface area contributed by atoms with Crippen LogP contribution in [-0.4, -0.2) is 28.3 Å². The van der Waals surface area contributed by atoms with Gasteiger partial charge in [-0.15, -0.1) is 0 Å². The molecule has 0 aliphatic heterocycles. The summed E-state index contributed by atoms with van der Waals surface area (Å²) in [6.45, 7) is 2.93. The molecule has 0 unspecified atom stereocenters. The van der Waals surface area contributed by atoms with Gasteiger partial charge in [-0.1, -0.05) is 13.0 Å². The zero-order valence-electron chi connectivity index (χ0n) is 12.4. The lowest BCUT2D eigenvalue weighted by Gasteiger charge is -2.07. The van der Waals surface area contributed by atoms with Crippen LogP contribution in [0, 0.1) is 0 Å². The summed E-state index contributed by atoms with van der Waals surface area (Å²) in [6, 6.07) is 6.76. The molecule has 0 spiro atoms. The second-order valence-electron chi connectivity index (χ2n) is 4.73. The zero-order valence-corrected chi connectivity index (χ0v) is 12.4. The summed E-state index contributed by atoms with van der Waals surface area (Å²) < 4.78 is 0. The summed E-state index contributed by atoms with van der Waals surface area (Å²) in [5, 5.41) is 5.52. The molecule has 2 amide bonds. The molecule has 0 saturated carbocycles. The Balaban J connectivity index is 1.99. The summed E-state index contributed by atoms with van der Waals surface area (Å²) in [5.74, 6) is -0.528. The van der Waals surface area contributed by atoms with Crippen molar-refractivity contribution in [3.8, 4) is 0 Å². The number of carbonyl (C=O) groups is 2. The first-order chi connectivity index (χ1) is 10.7. The molecular formula is C16H18N4O2. The predicted octanol–water partition coefficient (Wildman–Crippen LogP) is 1.55. The minimum atomic E-state index is -0.274. The topological polar surface area (TPSA) is 84.0 Å². The van der Waals surface area contributed by atoms with Crippen LogP contribution in [0.4, 0.5) is 0 Å². The number of hydrogen-bond donors (Lipinski definition) is 2. The Kier molecular flexibility index (Phi) is 5.59. The standard InChI is InChI=1S/C16H18N4O2/c1-2-6-19-16(22)14-9-13(5-8-18-14)15(21)20-11-12-4-3-7-17-10-12/h3-5,7-10H,2,6,11H2,1H3,(H,19,22)(H,20,21). The van der Waals surface area contributed by atoms with Gasteiger partial charge >= 0.3 is 0 Å². The second-order valence-corrected chi connectivity index (χ2v) is 4.73. The van der Waals surface area contributed by atoms with Gasteiger partial charge in [0.2, 0.25) is 0 Å². The number of amides is 2. The Morgan fingerprint density at radius 3 is 2.73 bits per heavy atom. The first-order valence-corrected chi connectivity index (χ1v) is 7.12. The van der Waals surface area contributed by atoms with Gasteiger partial charge in [0.15, 0.2) is 0 Å². The highest BCUT2D eigenvalue weighted by atomic mass is 16.2. The van der Waals surface area contributed by atoms with E-state index in [1.807, 2.05) is 19.1 Å². The fourth-order valence-electron chi connectivity index (χ4n) is 1.81. The maximum Gasteiger partial charge on any atom is 0.269 e. The van der Waals surface area contributed by atoms with Gasteiger partial charge in [0.05, 0.1) is 0 Å². The SMILES string of the molecule is CCCNC(=O)c1cc(C(=O)NCc2cccnc2)ccn1. The summed E-state index contributed by atoms with van der Waals surface area (Å²) in [4.78, 5) is 31.9. The quantitative estimate of drug-likeness (QED) is 0.847. The molecule has 114 valence electrons. The number of hydrogen-bond acceptors (Lipinski definition) is 4. The molecule has 2 N–H and O–H groups in total. The van der Waals surface area contributed by atoms with Crippen LogP contribution in [-0.2, 0) is 6.54 Å². The molecule has 2 aromatic heterocycles. The smallest absolute Gasteiger partial charge is 0.269 e. The Bertz CT molecular complexity index is 644. The largest absolute Gasteiger partial charge is 0.351 e. The number of nitrogens with one attached hydrogen (secondary N) is 2. The van der Waals surface area contributed by atoms with Gasteiger partial charge in [-0.2, -0.15) is 0 Å². The van der Waals surface area contributed by atoms with Crippen molar-refractivity contribution >= 4 is 11.8 Å². The van der Waals surface area contributed by atoms with E-state index in [0.29, 0.717) is 18.7 Å². The minimum Gasteiger partial charge on any atom is -0.351 e. The summed E-state index contributed by atoms with van der Waals surface area (Å²) in [7, 11) is 0. The molecule has 0 atom stereocenters. The third-order valence-electron chi connectivity index (χ3n) is 2.97. The first kappa shape index (κ1) is 15.6. The molecule has 0 radical (unpaired) electrons. The molecule has 22 heavy (non-hydrogen) atoms. The summed E-state index contributed by atoms with van der Waals surface area (Å²) >= 11 is 0. The zero-order chi connectivity index (χ0) is 15.8. The highest BCUT2D eigenvalue weighted by molar-refractivity contribution is 5.98. The van der Waals surface area contributed by atoms with Crippen LogP contribution in [0.1, 0.15) is 39.8 Å². The lowest BCUT2D eigenvalue weighted by atomic mass is 10.2. The minimum absolute atomic E-state index is 0.238. The Morgan fingerprint density at radius 1 is 1.14 bits per heavy atom. The van der Waals surface area contributed by atoms with E-state index in [1.165, 1.54) is 12.3 Å². The van der Waals surface area contributed by atoms with E-state index in [9.17, 15) is 9.59 Å². The molecule has 0 aliphatic carbocycles. The number of rotatable bonds is 6. The van der Waals surface area contributed by atoms with Crippen LogP contribution in [0.2, 0.25) is 0 Å². The fourth-order valence-corrected chi connectivity index (χ4v) is 1.81. The maximum atomic E-state index is 12.1.